The Morgan fingerprint density at radius 3 is 2.63 bits per heavy atom. The third-order valence-electron chi connectivity index (χ3n) is 2.34. The van der Waals surface area contributed by atoms with Crippen molar-refractivity contribution < 1.29 is 28.2 Å². The van der Waals surface area contributed by atoms with Gasteiger partial charge >= 0.3 is 5.97 Å². The van der Waals surface area contributed by atoms with Crippen molar-refractivity contribution in [2.24, 2.45) is 0 Å². The lowest BCUT2D eigenvalue weighted by Crippen LogP contribution is -2.38. The van der Waals surface area contributed by atoms with E-state index in [9.17, 15) is 18.4 Å². The van der Waals surface area contributed by atoms with Crippen LogP contribution in [-0.2, 0) is 9.53 Å². The third kappa shape index (κ3) is 4.29. The minimum absolute atomic E-state index is 0.0302. The molecule has 0 fully saturated rings. The summed E-state index contributed by atoms with van der Waals surface area (Å²) in [6, 6.07) is 2.43. The first-order valence-electron chi connectivity index (χ1n) is 5.40. The number of carboxylic acids is 1. The molecule has 1 aromatic carbocycles. The Hall–Kier alpha value is -2.02. The van der Waals surface area contributed by atoms with E-state index in [0.717, 1.165) is 23.1 Å². The van der Waals surface area contributed by atoms with Crippen LogP contribution in [0.3, 0.4) is 0 Å². The van der Waals surface area contributed by atoms with Crippen molar-refractivity contribution in [3.63, 3.8) is 0 Å². The minimum Gasteiger partial charge on any atom is -0.480 e. The normalized spacial score (nSPS) is 10.3. The fourth-order valence-corrected chi connectivity index (χ4v) is 1.45. The lowest BCUT2D eigenvalue weighted by molar-refractivity contribution is -0.137. The molecular formula is C12H13F2NO4. The summed E-state index contributed by atoms with van der Waals surface area (Å²) in [6.45, 7) is -0.550. The molecule has 104 valence electrons. The number of aliphatic carboxylic acids is 1. The molecule has 0 aliphatic heterocycles. The Morgan fingerprint density at radius 1 is 1.37 bits per heavy atom. The topological polar surface area (TPSA) is 66.8 Å². The first kappa shape index (κ1) is 15.0. The largest absolute Gasteiger partial charge is 0.480 e. The number of rotatable bonds is 6. The lowest BCUT2D eigenvalue weighted by Gasteiger charge is -2.20. The van der Waals surface area contributed by atoms with Crippen LogP contribution >= 0.6 is 0 Å². The molecule has 0 radical (unpaired) electrons. The number of ether oxygens (including phenoxy) is 1. The average Bonchev–Trinajstić information content (AvgIpc) is 2.36. The highest BCUT2D eigenvalue weighted by Crippen LogP contribution is 2.12. The molecule has 0 spiro atoms. The van der Waals surface area contributed by atoms with Gasteiger partial charge in [0.15, 0.2) is 0 Å². The van der Waals surface area contributed by atoms with Gasteiger partial charge < -0.3 is 14.7 Å². The number of carbonyl (C=O) groups is 2. The SMILES string of the molecule is COCCN(CC(=O)O)C(=O)c1cc(F)ccc1F. The smallest absolute Gasteiger partial charge is 0.323 e. The predicted octanol–water partition coefficient (Wildman–Crippen LogP) is 1.14. The van der Waals surface area contributed by atoms with Crippen molar-refractivity contribution in [1.82, 2.24) is 4.90 Å². The molecule has 5 nitrogen and oxygen atoms in total. The fourth-order valence-electron chi connectivity index (χ4n) is 1.45. The van der Waals surface area contributed by atoms with E-state index in [-0.39, 0.29) is 13.2 Å². The van der Waals surface area contributed by atoms with Gasteiger partial charge in [-0.25, -0.2) is 8.78 Å². The van der Waals surface area contributed by atoms with Crippen LogP contribution in [0, 0.1) is 11.6 Å². The molecule has 19 heavy (non-hydrogen) atoms. The van der Waals surface area contributed by atoms with E-state index in [4.69, 9.17) is 9.84 Å². The maximum absolute atomic E-state index is 13.4. The molecular weight excluding hydrogens is 260 g/mol. The summed E-state index contributed by atoms with van der Waals surface area (Å²) in [5.74, 6) is -3.82. The van der Waals surface area contributed by atoms with Crippen molar-refractivity contribution in [2.45, 2.75) is 0 Å². The van der Waals surface area contributed by atoms with E-state index in [1.54, 1.807) is 0 Å². The van der Waals surface area contributed by atoms with E-state index in [2.05, 4.69) is 0 Å². The molecule has 0 unspecified atom stereocenters. The van der Waals surface area contributed by atoms with Crippen LogP contribution in [-0.4, -0.2) is 48.7 Å². The zero-order chi connectivity index (χ0) is 14.4. The summed E-state index contributed by atoms with van der Waals surface area (Å²) in [5.41, 5.74) is -0.502. The molecule has 0 aromatic heterocycles. The summed E-state index contributed by atoms with van der Waals surface area (Å²) < 4.78 is 31.2. The molecule has 0 heterocycles. The van der Waals surface area contributed by atoms with Crippen LogP contribution in [0.1, 0.15) is 10.4 Å². The van der Waals surface area contributed by atoms with Crippen molar-refractivity contribution in [1.29, 1.82) is 0 Å². The number of hydrogen-bond acceptors (Lipinski definition) is 3. The van der Waals surface area contributed by atoms with Crippen LogP contribution in [0.15, 0.2) is 18.2 Å². The molecule has 1 rings (SSSR count). The highest BCUT2D eigenvalue weighted by molar-refractivity contribution is 5.96. The monoisotopic (exact) mass is 273 g/mol. The van der Waals surface area contributed by atoms with Crippen LogP contribution in [0.2, 0.25) is 0 Å². The van der Waals surface area contributed by atoms with E-state index in [0.29, 0.717) is 0 Å². The van der Waals surface area contributed by atoms with Gasteiger partial charge in [-0.15, -0.1) is 0 Å². The Balaban J connectivity index is 2.97. The van der Waals surface area contributed by atoms with E-state index in [1.165, 1.54) is 7.11 Å². The van der Waals surface area contributed by atoms with E-state index >= 15 is 0 Å². The first-order valence-corrected chi connectivity index (χ1v) is 5.40. The van der Waals surface area contributed by atoms with Gasteiger partial charge in [-0.2, -0.15) is 0 Å². The van der Waals surface area contributed by atoms with Gasteiger partial charge in [-0.05, 0) is 18.2 Å². The van der Waals surface area contributed by atoms with Gasteiger partial charge in [0.25, 0.3) is 5.91 Å². The maximum Gasteiger partial charge on any atom is 0.323 e. The molecule has 0 bridgehead atoms. The summed E-state index contributed by atoms with van der Waals surface area (Å²) in [4.78, 5) is 23.5. The molecule has 1 N–H and O–H groups in total. The summed E-state index contributed by atoms with van der Waals surface area (Å²) >= 11 is 0. The Labute approximate surface area is 108 Å². The number of amides is 1. The number of halogens is 2. The molecule has 7 heteroatoms. The van der Waals surface area contributed by atoms with Crippen LogP contribution in [0.5, 0.6) is 0 Å². The highest BCUT2D eigenvalue weighted by atomic mass is 19.1. The summed E-state index contributed by atoms with van der Waals surface area (Å²) in [5, 5.41) is 8.70. The molecule has 0 atom stereocenters. The number of benzene rings is 1. The predicted molar refractivity (Wildman–Crippen MR) is 61.8 cm³/mol. The zero-order valence-corrected chi connectivity index (χ0v) is 10.2. The second-order valence-corrected chi connectivity index (χ2v) is 3.74. The molecule has 0 saturated carbocycles. The Morgan fingerprint density at radius 2 is 2.05 bits per heavy atom. The van der Waals surface area contributed by atoms with Crippen molar-refractivity contribution >= 4 is 11.9 Å². The quantitative estimate of drug-likeness (QED) is 0.844. The van der Waals surface area contributed by atoms with Crippen molar-refractivity contribution in [2.75, 3.05) is 26.8 Å². The van der Waals surface area contributed by atoms with Gasteiger partial charge in [-0.1, -0.05) is 0 Å². The van der Waals surface area contributed by atoms with Gasteiger partial charge in [-0.3, -0.25) is 9.59 Å². The van der Waals surface area contributed by atoms with Crippen LogP contribution < -0.4 is 0 Å². The summed E-state index contributed by atoms with van der Waals surface area (Å²) in [7, 11) is 1.38. The number of carbonyl (C=O) groups excluding carboxylic acids is 1. The van der Waals surface area contributed by atoms with E-state index in [1.807, 2.05) is 0 Å². The van der Waals surface area contributed by atoms with E-state index < -0.39 is 35.6 Å². The molecule has 0 saturated heterocycles. The van der Waals surface area contributed by atoms with Crippen LogP contribution in [0.4, 0.5) is 8.78 Å². The maximum atomic E-state index is 13.4. The minimum atomic E-state index is -1.25. The second kappa shape index (κ2) is 6.79. The second-order valence-electron chi connectivity index (χ2n) is 3.74. The van der Waals surface area contributed by atoms with Crippen molar-refractivity contribution in [3.8, 4) is 0 Å². The van der Waals surface area contributed by atoms with Crippen LogP contribution in [0.25, 0.3) is 0 Å². The zero-order valence-electron chi connectivity index (χ0n) is 10.2. The number of carboxylic acid groups (broad SMARTS) is 1. The molecule has 0 aliphatic rings. The Bertz CT molecular complexity index is 479. The highest BCUT2D eigenvalue weighted by Gasteiger charge is 2.21. The van der Waals surface area contributed by atoms with Gasteiger partial charge in [0.1, 0.15) is 18.2 Å². The first-order chi connectivity index (χ1) is 8.95. The molecule has 0 aliphatic carbocycles. The number of hydrogen-bond donors (Lipinski definition) is 1. The standard InChI is InChI=1S/C12H13F2NO4/c1-19-5-4-15(7-11(16)17)12(18)9-6-8(13)2-3-10(9)14/h2-3,6H,4-5,7H2,1H3,(H,16,17). The summed E-state index contributed by atoms with van der Waals surface area (Å²) in [6.07, 6.45) is 0. The van der Waals surface area contributed by atoms with Gasteiger partial charge in [0, 0.05) is 13.7 Å². The number of methoxy groups -OCH3 is 1. The molecule has 1 amide bonds. The van der Waals surface area contributed by atoms with Crippen molar-refractivity contribution in [3.05, 3.63) is 35.4 Å². The average molecular weight is 273 g/mol. The molecule has 1 aromatic rings. The lowest BCUT2D eigenvalue weighted by atomic mass is 10.1. The Kier molecular flexibility index (Phi) is 5.37. The van der Waals surface area contributed by atoms with Gasteiger partial charge in [0.05, 0.1) is 12.2 Å². The van der Waals surface area contributed by atoms with Gasteiger partial charge in [0.2, 0.25) is 0 Å². The fraction of sp³-hybridized carbons (Fsp3) is 0.333. The third-order valence-corrected chi connectivity index (χ3v) is 2.34. The number of nitrogens with zero attached hydrogens (tertiary/aromatic N) is 1.